The Bertz CT molecular complexity index is 1120. The molecule has 2 N–H and O–H groups in total. The summed E-state index contributed by atoms with van der Waals surface area (Å²) in [6.45, 7) is 7.83. The van der Waals surface area contributed by atoms with Crippen LogP contribution in [0.2, 0.25) is 0 Å². The fourth-order valence-corrected chi connectivity index (χ4v) is 4.57. The number of alkyl halides is 2. The molecule has 34 heavy (non-hydrogen) atoms. The lowest BCUT2D eigenvalue weighted by Crippen LogP contribution is -2.43. The highest BCUT2D eigenvalue weighted by Gasteiger charge is 2.46. The molecular formula is C25H30F2N4O3. The number of aromatic nitrogens is 1. The number of piperidine rings is 1. The average molecular weight is 473 g/mol. The zero-order valence-corrected chi connectivity index (χ0v) is 19.7. The molecule has 0 unspecified atom stereocenters. The van der Waals surface area contributed by atoms with Crippen LogP contribution in [0.1, 0.15) is 44.7 Å². The second-order valence-corrected chi connectivity index (χ2v) is 10.4. The SMILES string of the molecule is CC(C)(C)COc1cc2c(cn1)Oc1ccc(N3CCC(F)(F)CC3)cc1[C@@]21COCC(N)=N1. The van der Waals surface area contributed by atoms with E-state index in [2.05, 4.69) is 25.8 Å². The van der Waals surface area contributed by atoms with Crippen LogP contribution in [0.15, 0.2) is 35.5 Å². The van der Waals surface area contributed by atoms with E-state index >= 15 is 0 Å². The third kappa shape index (κ3) is 4.29. The van der Waals surface area contributed by atoms with Gasteiger partial charge in [0.25, 0.3) is 5.92 Å². The molecule has 3 aliphatic heterocycles. The molecule has 1 fully saturated rings. The molecule has 0 amide bonds. The van der Waals surface area contributed by atoms with Crippen molar-refractivity contribution in [3.05, 3.63) is 41.6 Å². The summed E-state index contributed by atoms with van der Waals surface area (Å²) >= 11 is 0. The maximum absolute atomic E-state index is 13.7. The molecule has 182 valence electrons. The number of hydrogen-bond acceptors (Lipinski definition) is 7. The normalized spacial score (nSPS) is 23.6. The second kappa shape index (κ2) is 8.08. The fourth-order valence-electron chi connectivity index (χ4n) is 4.57. The van der Waals surface area contributed by atoms with E-state index in [1.165, 1.54) is 0 Å². The van der Waals surface area contributed by atoms with E-state index in [-0.39, 0.29) is 44.6 Å². The van der Waals surface area contributed by atoms with E-state index < -0.39 is 11.5 Å². The number of nitrogens with zero attached hydrogens (tertiary/aromatic N) is 3. The van der Waals surface area contributed by atoms with Gasteiger partial charge in [-0.3, -0.25) is 4.99 Å². The van der Waals surface area contributed by atoms with Crippen LogP contribution >= 0.6 is 0 Å². The van der Waals surface area contributed by atoms with Crippen molar-refractivity contribution < 1.29 is 23.0 Å². The lowest BCUT2D eigenvalue weighted by molar-refractivity contribution is -0.0220. The van der Waals surface area contributed by atoms with E-state index in [9.17, 15) is 8.78 Å². The zero-order valence-electron chi connectivity index (χ0n) is 19.7. The van der Waals surface area contributed by atoms with Crippen LogP contribution in [0.5, 0.6) is 17.4 Å². The number of amidine groups is 1. The van der Waals surface area contributed by atoms with Crippen LogP contribution in [0, 0.1) is 5.41 Å². The van der Waals surface area contributed by atoms with Gasteiger partial charge in [-0.2, -0.15) is 0 Å². The van der Waals surface area contributed by atoms with Crippen molar-refractivity contribution in [3.8, 4) is 17.4 Å². The Kier molecular flexibility index (Phi) is 5.42. The summed E-state index contributed by atoms with van der Waals surface area (Å²) in [5.41, 5.74) is 7.57. The number of hydrogen-bond donors (Lipinski definition) is 1. The quantitative estimate of drug-likeness (QED) is 0.710. The van der Waals surface area contributed by atoms with E-state index in [4.69, 9.17) is 24.9 Å². The number of nitrogens with two attached hydrogens (primary N) is 1. The Labute approximate surface area is 197 Å². The van der Waals surface area contributed by atoms with E-state index in [1.54, 1.807) is 6.20 Å². The van der Waals surface area contributed by atoms with Crippen molar-refractivity contribution in [2.75, 3.05) is 37.8 Å². The standard InChI is InChI=1S/C25H30F2N4O3/c1-23(2,3)14-33-22-11-18-20(12-29-22)34-19-5-4-16(31-8-6-24(26,27)7-9-31)10-17(19)25(18)15-32-13-21(28)30-25/h4-5,10-12H,6-9,13-15H2,1-3H3,(H2,28,30)/t25-/m0/s1. The van der Waals surface area contributed by atoms with Gasteiger partial charge in [0.2, 0.25) is 5.88 Å². The van der Waals surface area contributed by atoms with Crippen molar-refractivity contribution >= 4 is 11.5 Å². The number of halogens is 2. The number of pyridine rings is 1. The molecule has 1 saturated heterocycles. The molecule has 3 aliphatic rings. The second-order valence-electron chi connectivity index (χ2n) is 10.4. The lowest BCUT2D eigenvalue weighted by atomic mass is 9.80. The van der Waals surface area contributed by atoms with Gasteiger partial charge in [-0.1, -0.05) is 20.8 Å². The van der Waals surface area contributed by atoms with Crippen molar-refractivity contribution in [1.82, 2.24) is 4.98 Å². The number of ether oxygens (including phenoxy) is 3. The maximum atomic E-state index is 13.7. The molecule has 4 heterocycles. The van der Waals surface area contributed by atoms with Gasteiger partial charge in [-0.15, -0.1) is 0 Å². The molecule has 7 nitrogen and oxygen atoms in total. The van der Waals surface area contributed by atoms with Crippen LogP contribution in [-0.4, -0.2) is 49.7 Å². The largest absolute Gasteiger partial charge is 0.477 e. The molecule has 0 bridgehead atoms. The predicted octanol–water partition coefficient (Wildman–Crippen LogP) is 4.48. The topological polar surface area (TPSA) is 82.2 Å². The number of aliphatic imine (C=N–C) groups is 1. The average Bonchev–Trinajstić information content (AvgIpc) is 2.78. The predicted molar refractivity (Wildman–Crippen MR) is 125 cm³/mol. The zero-order chi connectivity index (χ0) is 24.1. The molecule has 5 rings (SSSR count). The number of anilines is 1. The maximum Gasteiger partial charge on any atom is 0.251 e. The first-order chi connectivity index (χ1) is 16.0. The highest BCUT2D eigenvalue weighted by Crippen LogP contribution is 2.51. The molecule has 1 atom stereocenters. The Morgan fingerprint density at radius 2 is 1.85 bits per heavy atom. The summed E-state index contributed by atoms with van der Waals surface area (Å²) in [5, 5.41) is 0. The minimum Gasteiger partial charge on any atom is -0.477 e. The van der Waals surface area contributed by atoms with Crippen molar-refractivity contribution in [3.63, 3.8) is 0 Å². The Balaban J connectivity index is 1.56. The van der Waals surface area contributed by atoms with E-state index in [0.29, 0.717) is 29.8 Å². The fraction of sp³-hybridized carbons (Fsp3) is 0.520. The van der Waals surface area contributed by atoms with Crippen molar-refractivity contribution in [2.45, 2.75) is 45.1 Å². The van der Waals surface area contributed by atoms with E-state index in [1.807, 2.05) is 29.2 Å². The van der Waals surface area contributed by atoms with Gasteiger partial charge in [0.1, 0.15) is 23.7 Å². The number of benzene rings is 1. The molecule has 1 aromatic carbocycles. The first kappa shape index (κ1) is 22.8. The molecule has 2 aromatic rings. The van der Waals surface area contributed by atoms with Crippen LogP contribution in [0.4, 0.5) is 14.5 Å². The third-order valence-electron chi connectivity index (χ3n) is 6.33. The molecular weight excluding hydrogens is 442 g/mol. The van der Waals surface area contributed by atoms with Gasteiger partial charge in [0, 0.05) is 48.8 Å². The number of rotatable bonds is 3. The van der Waals surface area contributed by atoms with Gasteiger partial charge in [0.15, 0.2) is 5.75 Å². The van der Waals surface area contributed by atoms with Gasteiger partial charge in [-0.05, 0) is 23.6 Å². The number of fused-ring (bicyclic) bond motifs is 4. The Morgan fingerprint density at radius 3 is 2.56 bits per heavy atom. The molecule has 0 saturated carbocycles. The monoisotopic (exact) mass is 472 g/mol. The highest BCUT2D eigenvalue weighted by molar-refractivity contribution is 5.84. The van der Waals surface area contributed by atoms with Gasteiger partial charge < -0.3 is 24.8 Å². The summed E-state index contributed by atoms with van der Waals surface area (Å²) in [6.07, 6.45) is 1.31. The lowest BCUT2D eigenvalue weighted by Gasteiger charge is -2.40. The molecule has 0 radical (unpaired) electrons. The molecule has 9 heteroatoms. The van der Waals surface area contributed by atoms with Crippen molar-refractivity contribution in [1.29, 1.82) is 0 Å². The van der Waals surface area contributed by atoms with Gasteiger partial charge in [-0.25, -0.2) is 13.8 Å². The van der Waals surface area contributed by atoms with Crippen LogP contribution in [0.3, 0.4) is 0 Å². The summed E-state index contributed by atoms with van der Waals surface area (Å²) in [6, 6.07) is 7.55. The summed E-state index contributed by atoms with van der Waals surface area (Å²) < 4.78 is 45.5. The summed E-state index contributed by atoms with van der Waals surface area (Å²) in [5.74, 6) is -0.592. The van der Waals surface area contributed by atoms with E-state index in [0.717, 1.165) is 16.8 Å². The summed E-state index contributed by atoms with van der Waals surface area (Å²) in [4.78, 5) is 11.3. The first-order valence-electron chi connectivity index (χ1n) is 11.6. The Morgan fingerprint density at radius 1 is 1.12 bits per heavy atom. The minimum atomic E-state index is -2.61. The molecule has 0 aliphatic carbocycles. The molecule has 1 aromatic heterocycles. The Hall–Kier alpha value is -2.94. The van der Waals surface area contributed by atoms with Crippen LogP contribution in [-0.2, 0) is 10.3 Å². The minimum absolute atomic E-state index is 0.0327. The summed E-state index contributed by atoms with van der Waals surface area (Å²) in [7, 11) is 0. The van der Waals surface area contributed by atoms with Crippen molar-refractivity contribution in [2.24, 2.45) is 16.1 Å². The van der Waals surface area contributed by atoms with Gasteiger partial charge in [0.05, 0.1) is 19.4 Å². The smallest absolute Gasteiger partial charge is 0.251 e. The molecule has 1 spiro atoms. The highest BCUT2D eigenvalue weighted by atomic mass is 19.3. The van der Waals surface area contributed by atoms with Gasteiger partial charge >= 0.3 is 0 Å². The third-order valence-corrected chi connectivity index (χ3v) is 6.33. The van der Waals surface area contributed by atoms with Crippen LogP contribution in [0.25, 0.3) is 0 Å². The van der Waals surface area contributed by atoms with Crippen LogP contribution < -0.4 is 20.1 Å². The first-order valence-corrected chi connectivity index (χ1v) is 11.6.